The summed E-state index contributed by atoms with van der Waals surface area (Å²) in [5.74, 6) is 0.951. The van der Waals surface area contributed by atoms with Crippen LogP contribution in [0, 0.1) is 27.7 Å². The third kappa shape index (κ3) is 5.56. The van der Waals surface area contributed by atoms with Crippen LogP contribution in [0.3, 0.4) is 0 Å². The Bertz CT molecular complexity index is 1170. The highest BCUT2D eigenvalue weighted by Gasteiger charge is 2.22. The van der Waals surface area contributed by atoms with Gasteiger partial charge in [0.05, 0.1) is 18.4 Å². The summed E-state index contributed by atoms with van der Waals surface area (Å²) in [7, 11) is 1.33. The number of carbonyl (C=O) groups is 2. The summed E-state index contributed by atoms with van der Waals surface area (Å²) in [6.07, 6.45) is 0. The minimum absolute atomic E-state index is 0.132. The molecule has 0 aliphatic heterocycles. The van der Waals surface area contributed by atoms with Gasteiger partial charge >= 0.3 is 5.97 Å². The minimum atomic E-state index is -0.459. The van der Waals surface area contributed by atoms with Gasteiger partial charge in [-0.2, -0.15) is 0 Å². The summed E-state index contributed by atoms with van der Waals surface area (Å²) in [6.45, 7) is 10.7. The summed E-state index contributed by atoms with van der Waals surface area (Å²) in [4.78, 5) is 25.7. The van der Waals surface area contributed by atoms with Crippen LogP contribution in [-0.2, 0) is 22.7 Å². The lowest BCUT2D eigenvalue weighted by Crippen LogP contribution is -2.16. The van der Waals surface area contributed by atoms with E-state index in [9.17, 15) is 9.59 Å². The lowest BCUT2D eigenvalue weighted by molar-refractivity contribution is -0.113. The Balaban J connectivity index is 1.65. The molecule has 0 saturated heterocycles. The normalized spacial score (nSPS) is 10.8. The van der Waals surface area contributed by atoms with Gasteiger partial charge in [-0.25, -0.2) is 4.79 Å². The van der Waals surface area contributed by atoms with E-state index in [0.717, 1.165) is 21.8 Å². The number of aryl methyl sites for hydroxylation is 2. The summed E-state index contributed by atoms with van der Waals surface area (Å²) in [5, 5.41) is 12.5. The summed E-state index contributed by atoms with van der Waals surface area (Å²) in [6, 6.07) is 5.94. The fourth-order valence-electron chi connectivity index (χ4n) is 3.23. The number of hydrogen-bond acceptors (Lipinski definition) is 8. The van der Waals surface area contributed by atoms with Crippen LogP contribution in [0.15, 0.2) is 23.4 Å². The van der Waals surface area contributed by atoms with Gasteiger partial charge in [-0.05, 0) is 57.4 Å². The van der Waals surface area contributed by atoms with Crippen LogP contribution < -0.4 is 10.1 Å². The van der Waals surface area contributed by atoms with E-state index in [4.69, 9.17) is 9.47 Å². The maximum atomic E-state index is 12.6. The second kappa shape index (κ2) is 10.8. The first-order chi connectivity index (χ1) is 15.8. The van der Waals surface area contributed by atoms with E-state index in [2.05, 4.69) is 15.5 Å². The number of benzene rings is 1. The van der Waals surface area contributed by atoms with Crippen LogP contribution in [0.2, 0.25) is 0 Å². The van der Waals surface area contributed by atoms with E-state index in [1.807, 2.05) is 57.4 Å². The van der Waals surface area contributed by atoms with Crippen molar-refractivity contribution in [2.45, 2.75) is 52.9 Å². The Kier molecular flexibility index (Phi) is 8.15. The van der Waals surface area contributed by atoms with Crippen molar-refractivity contribution in [1.82, 2.24) is 14.8 Å². The average Bonchev–Trinajstić information content (AvgIpc) is 3.32. The van der Waals surface area contributed by atoms with Gasteiger partial charge in [0, 0.05) is 11.4 Å². The average molecular weight is 489 g/mol. The number of carbonyl (C=O) groups excluding carboxylic acids is 2. The van der Waals surface area contributed by atoms with Gasteiger partial charge in [0.15, 0.2) is 11.0 Å². The van der Waals surface area contributed by atoms with Crippen molar-refractivity contribution in [2.75, 3.05) is 18.2 Å². The molecule has 0 bridgehead atoms. The quantitative estimate of drug-likeness (QED) is 0.345. The summed E-state index contributed by atoms with van der Waals surface area (Å²) < 4.78 is 12.8. The zero-order valence-electron chi connectivity index (χ0n) is 19.6. The predicted octanol–water partition coefficient (Wildman–Crippen LogP) is 4.69. The third-order valence-corrected chi connectivity index (χ3v) is 7.47. The van der Waals surface area contributed by atoms with Crippen molar-refractivity contribution < 1.29 is 19.1 Å². The van der Waals surface area contributed by atoms with E-state index in [1.165, 1.54) is 35.8 Å². The lowest BCUT2D eigenvalue weighted by Gasteiger charge is -2.11. The SMILES string of the molecule is CCn1c(COc2cccc(C)c2C)nnc1SCC(=O)Nc1sc(C)c(C)c1C(=O)OC. The van der Waals surface area contributed by atoms with E-state index in [-0.39, 0.29) is 18.3 Å². The van der Waals surface area contributed by atoms with E-state index in [1.54, 1.807) is 0 Å². The number of hydrogen-bond donors (Lipinski definition) is 1. The molecule has 2 aromatic heterocycles. The van der Waals surface area contributed by atoms with Crippen molar-refractivity contribution in [3.63, 3.8) is 0 Å². The van der Waals surface area contributed by atoms with Crippen LogP contribution in [0.5, 0.6) is 5.75 Å². The molecule has 0 saturated carbocycles. The van der Waals surface area contributed by atoms with Crippen molar-refractivity contribution >= 4 is 40.0 Å². The molecule has 1 N–H and O–H groups in total. The van der Waals surface area contributed by atoms with Crippen LogP contribution in [0.1, 0.15) is 44.7 Å². The zero-order valence-corrected chi connectivity index (χ0v) is 21.3. The maximum Gasteiger partial charge on any atom is 0.341 e. The highest BCUT2D eigenvalue weighted by atomic mass is 32.2. The number of ether oxygens (including phenoxy) is 2. The van der Waals surface area contributed by atoms with Crippen molar-refractivity contribution in [3.8, 4) is 5.75 Å². The first-order valence-electron chi connectivity index (χ1n) is 10.5. The number of esters is 1. The second-order valence-electron chi connectivity index (χ2n) is 7.45. The van der Waals surface area contributed by atoms with Crippen LogP contribution in [-0.4, -0.2) is 39.5 Å². The van der Waals surface area contributed by atoms with Crippen LogP contribution >= 0.6 is 23.1 Å². The molecule has 0 radical (unpaired) electrons. The molecule has 1 amide bonds. The number of amides is 1. The summed E-state index contributed by atoms with van der Waals surface area (Å²) in [5.41, 5.74) is 3.48. The smallest absolute Gasteiger partial charge is 0.341 e. The number of nitrogens with one attached hydrogen (secondary N) is 1. The molecule has 0 atom stereocenters. The standard InChI is InChI=1S/C23H28N4O4S2/c1-7-27-18(11-31-17-10-8-9-13(2)14(17)3)25-26-23(27)32-12-19(28)24-21-20(22(29)30-6)15(4)16(5)33-21/h8-10H,7,11-12H2,1-6H3,(H,24,28). The number of aromatic nitrogens is 3. The number of rotatable bonds is 9. The molecule has 3 rings (SSSR count). The monoisotopic (exact) mass is 488 g/mol. The fraction of sp³-hybridized carbons (Fsp3) is 0.391. The molecule has 3 aromatic rings. The van der Waals surface area contributed by atoms with Crippen molar-refractivity contribution in [3.05, 3.63) is 51.2 Å². The van der Waals surface area contributed by atoms with Gasteiger partial charge in [-0.1, -0.05) is 23.9 Å². The van der Waals surface area contributed by atoms with Gasteiger partial charge in [-0.15, -0.1) is 21.5 Å². The highest BCUT2D eigenvalue weighted by molar-refractivity contribution is 7.99. The van der Waals surface area contributed by atoms with Gasteiger partial charge < -0.3 is 19.4 Å². The molecule has 0 unspecified atom stereocenters. The van der Waals surface area contributed by atoms with E-state index >= 15 is 0 Å². The number of thiophene rings is 1. The summed E-state index contributed by atoms with van der Waals surface area (Å²) >= 11 is 2.65. The molecular weight excluding hydrogens is 460 g/mol. The number of methoxy groups -OCH3 is 1. The first-order valence-corrected chi connectivity index (χ1v) is 12.3. The van der Waals surface area contributed by atoms with Gasteiger partial charge in [0.1, 0.15) is 17.4 Å². The number of nitrogens with zero attached hydrogens (tertiary/aromatic N) is 3. The number of anilines is 1. The predicted molar refractivity (Wildman–Crippen MR) is 130 cm³/mol. The lowest BCUT2D eigenvalue weighted by atomic mass is 10.1. The fourth-order valence-corrected chi connectivity index (χ4v) is 5.11. The topological polar surface area (TPSA) is 95.3 Å². The van der Waals surface area contributed by atoms with E-state index in [0.29, 0.717) is 28.1 Å². The number of thioether (sulfide) groups is 1. The molecule has 0 spiro atoms. The molecule has 10 heteroatoms. The Morgan fingerprint density at radius 2 is 1.91 bits per heavy atom. The maximum absolute atomic E-state index is 12.6. The van der Waals surface area contributed by atoms with Crippen molar-refractivity contribution in [1.29, 1.82) is 0 Å². The molecule has 1 aromatic carbocycles. The zero-order chi connectivity index (χ0) is 24.1. The Morgan fingerprint density at radius 3 is 2.61 bits per heavy atom. The Labute approximate surface area is 201 Å². The second-order valence-corrected chi connectivity index (χ2v) is 9.61. The Hall–Kier alpha value is -2.85. The Morgan fingerprint density at radius 1 is 1.15 bits per heavy atom. The van der Waals surface area contributed by atoms with Crippen LogP contribution in [0.25, 0.3) is 0 Å². The molecular formula is C23H28N4O4S2. The molecule has 0 fully saturated rings. The van der Waals surface area contributed by atoms with Gasteiger partial charge in [0.2, 0.25) is 5.91 Å². The highest BCUT2D eigenvalue weighted by Crippen LogP contribution is 2.33. The molecule has 33 heavy (non-hydrogen) atoms. The van der Waals surface area contributed by atoms with Crippen molar-refractivity contribution in [2.24, 2.45) is 0 Å². The molecule has 176 valence electrons. The molecule has 2 heterocycles. The first kappa shape index (κ1) is 24.8. The minimum Gasteiger partial charge on any atom is -0.485 e. The molecule has 8 nitrogen and oxygen atoms in total. The largest absolute Gasteiger partial charge is 0.485 e. The van der Waals surface area contributed by atoms with Crippen LogP contribution in [0.4, 0.5) is 5.00 Å². The molecule has 0 aliphatic rings. The van der Waals surface area contributed by atoms with Gasteiger partial charge in [-0.3, -0.25) is 4.79 Å². The molecule has 0 aliphatic carbocycles. The van der Waals surface area contributed by atoms with Gasteiger partial charge in [0.25, 0.3) is 0 Å². The third-order valence-electron chi connectivity index (χ3n) is 5.38. The van der Waals surface area contributed by atoms with E-state index < -0.39 is 5.97 Å².